The first kappa shape index (κ1) is 28.8. The Morgan fingerprint density at radius 1 is 0.886 bits per heavy atom. The lowest BCUT2D eigenvalue weighted by Gasteiger charge is -2.22. The number of carboxylic acid groups (broad SMARTS) is 2. The number of benzene rings is 1. The summed E-state index contributed by atoms with van der Waals surface area (Å²) in [6.07, 6.45) is -1.26. The van der Waals surface area contributed by atoms with E-state index in [0.717, 1.165) is 0 Å². The van der Waals surface area contributed by atoms with E-state index in [-0.39, 0.29) is 25.0 Å². The molecule has 0 aromatic heterocycles. The summed E-state index contributed by atoms with van der Waals surface area (Å²) in [5.41, 5.74) is 11.1. The highest BCUT2D eigenvalue weighted by Crippen LogP contribution is 2.11. The predicted octanol–water partition coefficient (Wildman–Crippen LogP) is -2.44. The Morgan fingerprint density at radius 3 is 1.97 bits per heavy atom. The van der Waals surface area contributed by atoms with Gasteiger partial charge in [0.15, 0.2) is 0 Å². The number of phenolic OH excluding ortho intramolecular Hbond substituents is 1. The normalized spacial score (nSPS) is 14.0. The van der Waals surface area contributed by atoms with Crippen LogP contribution in [0, 0.1) is 0 Å². The monoisotopic (exact) mass is 495 g/mol. The SMILES string of the molecule is CC(NC(=O)C(CC(=O)O)NC(=O)C(N)CCC(N)=O)C(=O)NC(Cc1ccc(O)cc1)C(=O)O. The molecule has 0 fully saturated rings. The van der Waals surface area contributed by atoms with Gasteiger partial charge in [-0.1, -0.05) is 12.1 Å². The molecule has 10 N–H and O–H groups in total. The van der Waals surface area contributed by atoms with Crippen molar-refractivity contribution in [3.63, 3.8) is 0 Å². The number of aromatic hydroxyl groups is 1. The average Bonchev–Trinajstić information content (AvgIpc) is 2.77. The quantitative estimate of drug-likeness (QED) is 0.135. The molecule has 0 aliphatic rings. The molecule has 0 bridgehead atoms. The zero-order valence-electron chi connectivity index (χ0n) is 18.9. The number of primary amides is 1. The largest absolute Gasteiger partial charge is 0.508 e. The van der Waals surface area contributed by atoms with Gasteiger partial charge >= 0.3 is 11.9 Å². The zero-order valence-corrected chi connectivity index (χ0v) is 18.9. The molecule has 1 rings (SSSR count). The third kappa shape index (κ3) is 10.5. The Kier molecular flexibility index (Phi) is 11.1. The topological polar surface area (TPSA) is 251 Å². The molecule has 0 radical (unpaired) electrons. The van der Waals surface area contributed by atoms with E-state index in [1.165, 1.54) is 31.2 Å². The summed E-state index contributed by atoms with van der Waals surface area (Å²) in [5.74, 6) is -6.27. The van der Waals surface area contributed by atoms with Gasteiger partial charge in [0.2, 0.25) is 23.6 Å². The van der Waals surface area contributed by atoms with Crippen LogP contribution in [-0.4, -0.2) is 75.1 Å². The number of hydrogen-bond acceptors (Lipinski definition) is 8. The van der Waals surface area contributed by atoms with Crippen LogP contribution in [0.1, 0.15) is 31.7 Å². The second kappa shape index (κ2) is 13.5. The van der Waals surface area contributed by atoms with Gasteiger partial charge in [-0.2, -0.15) is 0 Å². The molecule has 0 heterocycles. The first-order valence-corrected chi connectivity index (χ1v) is 10.5. The van der Waals surface area contributed by atoms with Gasteiger partial charge in [0.1, 0.15) is 23.9 Å². The van der Waals surface area contributed by atoms with E-state index in [0.29, 0.717) is 5.56 Å². The predicted molar refractivity (Wildman–Crippen MR) is 120 cm³/mol. The summed E-state index contributed by atoms with van der Waals surface area (Å²) < 4.78 is 0. The number of rotatable bonds is 14. The molecular weight excluding hydrogens is 466 g/mol. The molecule has 4 amide bonds. The molecule has 0 spiro atoms. The number of carbonyl (C=O) groups excluding carboxylic acids is 4. The maximum Gasteiger partial charge on any atom is 0.326 e. The molecule has 0 aliphatic carbocycles. The van der Waals surface area contributed by atoms with Crippen LogP contribution in [0.3, 0.4) is 0 Å². The van der Waals surface area contributed by atoms with Crippen molar-refractivity contribution in [3.05, 3.63) is 29.8 Å². The van der Waals surface area contributed by atoms with Gasteiger partial charge in [0.05, 0.1) is 12.5 Å². The summed E-state index contributed by atoms with van der Waals surface area (Å²) >= 11 is 0. The highest BCUT2D eigenvalue weighted by molar-refractivity contribution is 5.95. The van der Waals surface area contributed by atoms with Gasteiger partial charge in [-0.25, -0.2) is 4.79 Å². The maximum atomic E-state index is 12.5. The Bertz CT molecular complexity index is 951. The Labute approximate surface area is 200 Å². The second-order valence-corrected chi connectivity index (χ2v) is 7.77. The van der Waals surface area contributed by atoms with Crippen LogP contribution >= 0.6 is 0 Å². The lowest BCUT2D eigenvalue weighted by atomic mass is 10.1. The van der Waals surface area contributed by atoms with Crippen LogP contribution in [0.4, 0.5) is 0 Å². The van der Waals surface area contributed by atoms with Gasteiger partial charge < -0.3 is 42.7 Å². The molecule has 1 aromatic carbocycles. The third-order valence-electron chi connectivity index (χ3n) is 4.79. The van der Waals surface area contributed by atoms with Gasteiger partial charge in [0, 0.05) is 12.8 Å². The van der Waals surface area contributed by atoms with Crippen LogP contribution in [0.5, 0.6) is 5.75 Å². The standard InChI is InChI=1S/C21H29N5O9/c1-10(18(31)26-15(21(34)35)8-11-2-4-12(27)5-3-11)24-20(33)14(9-17(29)30)25-19(32)13(22)6-7-16(23)28/h2-5,10,13-15,27H,6-9,22H2,1H3,(H2,23,28)(H,24,33)(H,25,32)(H,26,31)(H,29,30)(H,34,35). The van der Waals surface area contributed by atoms with Crippen molar-refractivity contribution < 1.29 is 44.1 Å². The minimum atomic E-state index is -1.60. The Balaban J connectivity index is 2.79. The molecule has 0 saturated carbocycles. The van der Waals surface area contributed by atoms with Crippen LogP contribution < -0.4 is 27.4 Å². The summed E-state index contributed by atoms with van der Waals surface area (Å²) in [7, 11) is 0. The molecule has 4 unspecified atom stereocenters. The van der Waals surface area contributed by atoms with Gasteiger partial charge in [-0.15, -0.1) is 0 Å². The fraction of sp³-hybridized carbons (Fsp3) is 0.429. The summed E-state index contributed by atoms with van der Waals surface area (Å²) in [4.78, 5) is 70.7. The Hall–Kier alpha value is -4.20. The van der Waals surface area contributed by atoms with Crippen molar-refractivity contribution in [2.45, 2.75) is 56.8 Å². The highest BCUT2D eigenvalue weighted by atomic mass is 16.4. The van der Waals surface area contributed by atoms with E-state index in [4.69, 9.17) is 16.6 Å². The van der Waals surface area contributed by atoms with E-state index in [1.54, 1.807) is 0 Å². The van der Waals surface area contributed by atoms with Crippen LogP contribution in [-0.2, 0) is 35.2 Å². The first-order chi connectivity index (χ1) is 16.3. The first-order valence-electron chi connectivity index (χ1n) is 10.5. The van der Waals surface area contributed by atoms with Gasteiger partial charge in [-0.3, -0.25) is 24.0 Å². The van der Waals surface area contributed by atoms with Crippen molar-refractivity contribution in [1.29, 1.82) is 0 Å². The van der Waals surface area contributed by atoms with Crippen molar-refractivity contribution in [2.24, 2.45) is 11.5 Å². The van der Waals surface area contributed by atoms with E-state index >= 15 is 0 Å². The Morgan fingerprint density at radius 2 is 1.46 bits per heavy atom. The molecule has 1 aromatic rings. The molecule has 14 nitrogen and oxygen atoms in total. The van der Waals surface area contributed by atoms with E-state index in [1.807, 2.05) is 0 Å². The molecular formula is C21H29N5O9. The van der Waals surface area contributed by atoms with Crippen LogP contribution in [0.15, 0.2) is 24.3 Å². The summed E-state index contributed by atoms with van der Waals surface area (Å²) in [5, 5.41) is 34.4. The minimum absolute atomic E-state index is 0.0159. The van der Waals surface area contributed by atoms with Gasteiger partial charge in [-0.05, 0) is 31.0 Å². The minimum Gasteiger partial charge on any atom is -0.508 e. The molecule has 4 atom stereocenters. The average molecular weight is 495 g/mol. The molecule has 14 heteroatoms. The van der Waals surface area contributed by atoms with Crippen LogP contribution in [0.2, 0.25) is 0 Å². The lowest BCUT2D eigenvalue weighted by Crippen LogP contribution is -2.57. The second-order valence-electron chi connectivity index (χ2n) is 7.77. The number of aliphatic carboxylic acids is 2. The number of hydrogen-bond donors (Lipinski definition) is 8. The number of carboxylic acids is 2. The fourth-order valence-electron chi connectivity index (χ4n) is 2.84. The fourth-order valence-corrected chi connectivity index (χ4v) is 2.84. The summed E-state index contributed by atoms with van der Waals surface area (Å²) in [6.45, 7) is 1.24. The van der Waals surface area contributed by atoms with E-state index < -0.39 is 66.2 Å². The molecule has 35 heavy (non-hydrogen) atoms. The molecule has 0 aliphatic heterocycles. The highest BCUT2D eigenvalue weighted by Gasteiger charge is 2.29. The van der Waals surface area contributed by atoms with Crippen molar-refractivity contribution in [1.82, 2.24) is 16.0 Å². The van der Waals surface area contributed by atoms with Gasteiger partial charge in [0.25, 0.3) is 0 Å². The molecule has 192 valence electrons. The molecule has 0 saturated heterocycles. The van der Waals surface area contributed by atoms with Crippen molar-refractivity contribution in [3.8, 4) is 5.75 Å². The maximum absolute atomic E-state index is 12.5. The van der Waals surface area contributed by atoms with Crippen molar-refractivity contribution >= 4 is 35.6 Å². The summed E-state index contributed by atoms with van der Waals surface area (Å²) in [6, 6.07) is 0.202. The van der Waals surface area contributed by atoms with E-state index in [2.05, 4.69) is 16.0 Å². The van der Waals surface area contributed by atoms with E-state index in [9.17, 15) is 39.0 Å². The zero-order chi connectivity index (χ0) is 26.7. The number of nitrogens with two attached hydrogens (primary N) is 2. The number of nitrogens with one attached hydrogen (secondary N) is 3. The number of carbonyl (C=O) groups is 6. The third-order valence-corrected chi connectivity index (χ3v) is 4.79. The van der Waals surface area contributed by atoms with Crippen molar-refractivity contribution in [2.75, 3.05) is 0 Å². The number of amides is 4. The van der Waals surface area contributed by atoms with Crippen LogP contribution in [0.25, 0.3) is 0 Å². The lowest BCUT2D eigenvalue weighted by molar-refractivity contribution is -0.143. The smallest absolute Gasteiger partial charge is 0.326 e. The number of phenols is 1.